The van der Waals surface area contributed by atoms with E-state index in [4.69, 9.17) is 0 Å². The van der Waals surface area contributed by atoms with E-state index in [-0.39, 0.29) is 17.1 Å². The third kappa shape index (κ3) is 3.35. The quantitative estimate of drug-likeness (QED) is 0.363. The van der Waals surface area contributed by atoms with Crippen molar-refractivity contribution in [3.8, 4) is 0 Å². The first-order valence-corrected chi connectivity index (χ1v) is 10.4. The minimum Gasteiger partial charge on any atom is -0.293 e. The van der Waals surface area contributed by atoms with E-state index in [9.17, 15) is 9.59 Å². The van der Waals surface area contributed by atoms with Crippen molar-refractivity contribution in [1.29, 1.82) is 0 Å². The first-order valence-electron chi connectivity index (χ1n) is 8.57. The number of fused-ring (bicyclic) bond motifs is 1. The van der Waals surface area contributed by atoms with Gasteiger partial charge in [0.25, 0.3) is 5.56 Å². The molecule has 0 aliphatic rings. The SMILES string of the molecule is CCn1c(SCC(=O)c2ccc(C)c(C)c2)nc2sc(C)c(C)c2c1=O. The Labute approximate surface area is 161 Å². The van der Waals surface area contributed by atoms with Gasteiger partial charge in [0.05, 0.1) is 11.1 Å². The monoisotopic (exact) mass is 386 g/mol. The van der Waals surface area contributed by atoms with Gasteiger partial charge in [-0.1, -0.05) is 23.9 Å². The van der Waals surface area contributed by atoms with Crippen LogP contribution in [0.5, 0.6) is 0 Å². The number of carbonyl (C=O) groups is 1. The van der Waals surface area contributed by atoms with Crippen LogP contribution in [0, 0.1) is 27.7 Å². The molecule has 3 aromatic rings. The van der Waals surface area contributed by atoms with Crippen LogP contribution in [0.2, 0.25) is 0 Å². The Bertz CT molecular complexity index is 1060. The molecule has 0 N–H and O–H groups in total. The fraction of sp³-hybridized carbons (Fsp3) is 0.350. The molecule has 0 radical (unpaired) electrons. The number of benzene rings is 1. The zero-order valence-electron chi connectivity index (χ0n) is 15.7. The van der Waals surface area contributed by atoms with Gasteiger partial charge in [-0.15, -0.1) is 11.3 Å². The highest BCUT2D eigenvalue weighted by Gasteiger charge is 2.17. The number of thioether (sulfide) groups is 1. The number of hydrogen-bond donors (Lipinski definition) is 0. The van der Waals surface area contributed by atoms with Crippen LogP contribution < -0.4 is 5.56 Å². The van der Waals surface area contributed by atoms with E-state index in [2.05, 4.69) is 4.98 Å². The van der Waals surface area contributed by atoms with E-state index >= 15 is 0 Å². The van der Waals surface area contributed by atoms with Crippen molar-refractivity contribution >= 4 is 39.1 Å². The molecule has 0 aliphatic heterocycles. The van der Waals surface area contributed by atoms with Crippen LogP contribution in [-0.4, -0.2) is 21.1 Å². The summed E-state index contributed by atoms with van der Waals surface area (Å²) < 4.78 is 1.67. The zero-order chi connectivity index (χ0) is 19.0. The Kier molecular flexibility index (Phi) is 5.34. The molecular formula is C20H22N2O2S2. The van der Waals surface area contributed by atoms with Gasteiger partial charge in [0.15, 0.2) is 10.9 Å². The molecule has 0 amide bonds. The molecule has 0 bridgehead atoms. The number of rotatable bonds is 5. The average molecular weight is 387 g/mol. The highest BCUT2D eigenvalue weighted by atomic mass is 32.2. The first kappa shape index (κ1) is 18.9. The molecule has 2 aromatic heterocycles. The fourth-order valence-electron chi connectivity index (χ4n) is 2.83. The van der Waals surface area contributed by atoms with Crippen LogP contribution in [0.25, 0.3) is 10.2 Å². The summed E-state index contributed by atoms with van der Waals surface area (Å²) in [5, 5.41) is 1.32. The standard InChI is InChI=1S/C20H22N2O2S2/c1-6-22-19(24)17-13(4)14(5)26-18(17)21-20(22)25-10-16(23)15-8-7-11(2)12(3)9-15/h7-9H,6,10H2,1-5H3. The number of nitrogens with zero attached hydrogens (tertiary/aromatic N) is 2. The molecule has 0 saturated heterocycles. The minimum atomic E-state index is -0.0134. The maximum Gasteiger partial charge on any atom is 0.263 e. The van der Waals surface area contributed by atoms with Crippen molar-refractivity contribution in [3.63, 3.8) is 0 Å². The van der Waals surface area contributed by atoms with Crippen molar-refractivity contribution in [2.75, 3.05) is 5.75 Å². The van der Waals surface area contributed by atoms with Crippen molar-refractivity contribution in [1.82, 2.24) is 9.55 Å². The Morgan fingerprint density at radius 2 is 1.92 bits per heavy atom. The molecule has 0 fully saturated rings. The molecule has 136 valence electrons. The summed E-state index contributed by atoms with van der Waals surface area (Å²) in [5.74, 6) is 0.317. The third-order valence-electron chi connectivity index (χ3n) is 4.73. The molecule has 26 heavy (non-hydrogen) atoms. The van der Waals surface area contributed by atoms with Gasteiger partial charge in [-0.05, 0) is 57.4 Å². The summed E-state index contributed by atoms with van der Waals surface area (Å²) in [5.41, 5.74) is 3.97. The summed E-state index contributed by atoms with van der Waals surface area (Å²) >= 11 is 2.88. The molecule has 2 heterocycles. The van der Waals surface area contributed by atoms with Gasteiger partial charge in [-0.2, -0.15) is 0 Å². The topological polar surface area (TPSA) is 52.0 Å². The Morgan fingerprint density at radius 3 is 2.58 bits per heavy atom. The predicted molar refractivity (Wildman–Crippen MR) is 110 cm³/mol. The van der Waals surface area contributed by atoms with E-state index in [0.29, 0.717) is 22.7 Å². The van der Waals surface area contributed by atoms with Crippen LogP contribution in [0.4, 0.5) is 0 Å². The number of aromatic nitrogens is 2. The lowest BCUT2D eigenvalue weighted by molar-refractivity contribution is 0.102. The molecule has 6 heteroatoms. The number of Topliss-reactive ketones (excluding diaryl/α,β-unsaturated/α-hetero) is 1. The number of hydrogen-bond acceptors (Lipinski definition) is 5. The molecule has 0 aliphatic carbocycles. The maximum absolute atomic E-state index is 12.8. The van der Waals surface area contributed by atoms with Gasteiger partial charge >= 0.3 is 0 Å². The van der Waals surface area contributed by atoms with E-state index in [0.717, 1.165) is 20.8 Å². The van der Waals surface area contributed by atoms with Crippen molar-refractivity contribution in [2.45, 2.75) is 46.3 Å². The summed E-state index contributed by atoms with van der Waals surface area (Å²) in [6, 6.07) is 5.76. The average Bonchev–Trinajstić information content (AvgIpc) is 2.89. The summed E-state index contributed by atoms with van der Waals surface area (Å²) in [4.78, 5) is 31.9. The van der Waals surface area contributed by atoms with Crippen LogP contribution >= 0.6 is 23.1 Å². The molecule has 0 saturated carbocycles. The highest BCUT2D eigenvalue weighted by Crippen LogP contribution is 2.28. The molecular weight excluding hydrogens is 364 g/mol. The number of ketones is 1. The van der Waals surface area contributed by atoms with Crippen LogP contribution in [-0.2, 0) is 6.54 Å². The fourth-order valence-corrected chi connectivity index (χ4v) is 4.85. The summed E-state index contributed by atoms with van der Waals surface area (Å²) in [6.07, 6.45) is 0. The minimum absolute atomic E-state index is 0.0134. The van der Waals surface area contributed by atoms with Crippen LogP contribution in [0.15, 0.2) is 28.2 Å². The Morgan fingerprint density at radius 1 is 1.19 bits per heavy atom. The van der Waals surface area contributed by atoms with Crippen molar-refractivity contribution in [2.24, 2.45) is 0 Å². The van der Waals surface area contributed by atoms with Crippen LogP contribution in [0.3, 0.4) is 0 Å². The number of carbonyl (C=O) groups excluding carboxylic acids is 1. The second-order valence-electron chi connectivity index (χ2n) is 6.42. The summed E-state index contributed by atoms with van der Waals surface area (Å²) in [7, 11) is 0. The van der Waals surface area contributed by atoms with Gasteiger partial charge in [0.1, 0.15) is 4.83 Å². The molecule has 4 nitrogen and oxygen atoms in total. The smallest absolute Gasteiger partial charge is 0.263 e. The lowest BCUT2D eigenvalue weighted by Gasteiger charge is -2.10. The first-order chi connectivity index (χ1) is 12.3. The second kappa shape index (κ2) is 7.37. The highest BCUT2D eigenvalue weighted by molar-refractivity contribution is 7.99. The predicted octanol–water partition coefficient (Wildman–Crippen LogP) is 4.69. The lowest BCUT2D eigenvalue weighted by atomic mass is 10.0. The largest absolute Gasteiger partial charge is 0.293 e. The van der Waals surface area contributed by atoms with Gasteiger partial charge < -0.3 is 0 Å². The van der Waals surface area contributed by atoms with E-state index in [1.165, 1.54) is 28.7 Å². The summed E-state index contributed by atoms with van der Waals surface area (Å²) in [6.45, 7) is 10.5. The molecule has 0 atom stereocenters. The van der Waals surface area contributed by atoms with Crippen molar-refractivity contribution < 1.29 is 4.79 Å². The van der Waals surface area contributed by atoms with Gasteiger partial charge in [-0.3, -0.25) is 14.2 Å². The Balaban J connectivity index is 1.92. The zero-order valence-corrected chi connectivity index (χ0v) is 17.3. The van der Waals surface area contributed by atoms with Gasteiger partial charge in [0, 0.05) is 17.0 Å². The van der Waals surface area contributed by atoms with E-state index in [1.807, 2.05) is 52.8 Å². The van der Waals surface area contributed by atoms with Crippen molar-refractivity contribution in [3.05, 3.63) is 55.7 Å². The van der Waals surface area contributed by atoms with Crippen LogP contribution in [0.1, 0.15) is 38.8 Å². The number of aryl methyl sites for hydroxylation is 4. The van der Waals surface area contributed by atoms with Gasteiger partial charge in [0.2, 0.25) is 0 Å². The Hall–Kier alpha value is -1.92. The van der Waals surface area contributed by atoms with Gasteiger partial charge in [-0.25, -0.2) is 4.98 Å². The molecule has 1 aromatic carbocycles. The lowest BCUT2D eigenvalue weighted by Crippen LogP contribution is -2.22. The molecule has 3 rings (SSSR count). The molecule has 0 spiro atoms. The normalized spacial score (nSPS) is 11.3. The van der Waals surface area contributed by atoms with E-state index in [1.54, 1.807) is 4.57 Å². The molecule has 0 unspecified atom stereocenters. The number of thiophene rings is 1. The third-order valence-corrected chi connectivity index (χ3v) is 6.81. The maximum atomic E-state index is 12.8. The second-order valence-corrected chi connectivity index (χ2v) is 8.56. The van der Waals surface area contributed by atoms with E-state index < -0.39 is 0 Å².